The van der Waals surface area contributed by atoms with Crippen LogP contribution in [0.4, 0.5) is 10.5 Å². The van der Waals surface area contributed by atoms with Gasteiger partial charge in [0.25, 0.3) is 0 Å². The summed E-state index contributed by atoms with van der Waals surface area (Å²) in [6.07, 6.45) is 3.53. The topological polar surface area (TPSA) is 119 Å². The molecule has 0 saturated carbocycles. The van der Waals surface area contributed by atoms with E-state index in [-0.39, 0.29) is 12.5 Å². The monoisotopic (exact) mass is 450 g/mol. The van der Waals surface area contributed by atoms with Crippen molar-refractivity contribution in [2.75, 3.05) is 11.9 Å². The molecule has 8 nitrogen and oxygen atoms in total. The van der Waals surface area contributed by atoms with Crippen LogP contribution in [0.1, 0.15) is 30.6 Å². The molecule has 0 radical (unpaired) electrons. The van der Waals surface area contributed by atoms with Gasteiger partial charge < -0.3 is 30.8 Å². The molecular formula is C25H30N4O4. The van der Waals surface area contributed by atoms with E-state index in [0.717, 1.165) is 18.4 Å². The second-order valence-corrected chi connectivity index (χ2v) is 7.53. The summed E-state index contributed by atoms with van der Waals surface area (Å²) in [5, 5.41) is 8.30. The molecule has 1 heterocycles. The van der Waals surface area contributed by atoms with Crippen molar-refractivity contribution in [2.45, 2.75) is 38.5 Å². The highest BCUT2D eigenvalue weighted by Crippen LogP contribution is 2.17. The van der Waals surface area contributed by atoms with Gasteiger partial charge in [-0.1, -0.05) is 30.3 Å². The second-order valence-electron chi connectivity index (χ2n) is 7.53. The molecule has 2 aromatic carbocycles. The lowest BCUT2D eigenvalue weighted by molar-refractivity contribution is -0.123. The maximum atomic E-state index is 12.6. The minimum absolute atomic E-state index is 0.257. The van der Waals surface area contributed by atoms with Crippen molar-refractivity contribution in [3.05, 3.63) is 84.3 Å². The Balaban J connectivity index is 1.49. The summed E-state index contributed by atoms with van der Waals surface area (Å²) in [6.45, 7) is 1.25. The molecule has 3 amide bonds. The Labute approximate surface area is 193 Å². The lowest BCUT2D eigenvalue weighted by Gasteiger charge is -2.18. The van der Waals surface area contributed by atoms with Gasteiger partial charge in [0.05, 0.1) is 12.8 Å². The van der Waals surface area contributed by atoms with E-state index < -0.39 is 12.1 Å². The van der Waals surface area contributed by atoms with E-state index in [0.29, 0.717) is 36.8 Å². The largest absolute Gasteiger partial charge is 0.489 e. The van der Waals surface area contributed by atoms with Gasteiger partial charge in [0, 0.05) is 5.69 Å². The summed E-state index contributed by atoms with van der Waals surface area (Å²) in [7, 11) is 0. The van der Waals surface area contributed by atoms with E-state index in [2.05, 4.69) is 16.0 Å². The van der Waals surface area contributed by atoms with Crippen LogP contribution in [-0.4, -0.2) is 24.5 Å². The van der Waals surface area contributed by atoms with Gasteiger partial charge in [-0.15, -0.1) is 0 Å². The summed E-state index contributed by atoms with van der Waals surface area (Å²) in [4.78, 5) is 25.1. The number of hydrogen-bond acceptors (Lipinski definition) is 5. The van der Waals surface area contributed by atoms with Gasteiger partial charge in [0.2, 0.25) is 5.91 Å². The van der Waals surface area contributed by atoms with Crippen molar-refractivity contribution >= 4 is 17.6 Å². The van der Waals surface area contributed by atoms with E-state index in [1.165, 1.54) is 0 Å². The SMILES string of the molecule is NCCCC[C@H](NC(=O)Nc1ccc(OCc2ccccc2)cc1)C(=O)NCc1ccco1. The third-order valence-electron chi connectivity index (χ3n) is 4.95. The van der Waals surface area contributed by atoms with Gasteiger partial charge in [-0.3, -0.25) is 4.79 Å². The minimum atomic E-state index is -0.681. The number of rotatable bonds is 12. The van der Waals surface area contributed by atoms with Gasteiger partial charge in [0.15, 0.2) is 0 Å². The summed E-state index contributed by atoms with van der Waals surface area (Å²) in [5.41, 5.74) is 7.23. The molecule has 174 valence electrons. The number of nitrogens with two attached hydrogens (primary N) is 1. The highest BCUT2D eigenvalue weighted by molar-refractivity contribution is 5.93. The number of urea groups is 1. The first-order chi connectivity index (χ1) is 16.1. The van der Waals surface area contributed by atoms with Crippen LogP contribution in [-0.2, 0) is 17.9 Å². The van der Waals surface area contributed by atoms with Crippen molar-refractivity contribution in [2.24, 2.45) is 5.73 Å². The number of furan rings is 1. The number of benzene rings is 2. The standard InChI is InChI=1S/C25H30N4O4/c26-15-5-4-10-23(24(30)27-17-22-9-6-16-32-22)29-25(31)28-20-11-13-21(14-12-20)33-18-19-7-2-1-3-8-19/h1-3,6-9,11-14,16,23H,4-5,10,15,17-18,26H2,(H,27,30)(H2,28,29,31)/t23-/m0/s1. The Morgan fingerprint density at radius 2 is 1.76 bits per heavy atom. The van der Waals surface area contributed by atoms with Gasteiger partial charge in [0.1, 0.15) is 24.2 Å². The molecule has 0 aliphatic heterocycles. The van der Waals surface area contributed by atoms with Crippen LogP contribution >= 0.6 is 0 Å². The quantitative estimate of drug-likeness (QED) is 0.313. The molecule has 0 aliphatic rings. The lowest BCUT2D eigenvalue weighted by atomic mass is 10.1. The number of anilines is 1. The molecular weight excluding hydrogens is 420 g/mol. The fourth-order valence-electron chi connectivity index (χ4n) is 3.17. The maximum absolute atomic E-state index is 12.6. The van der Waals surface area contributed by atoms with Crippen molar-refractivity contribution in [1.29, 1.82) is 0 Å². The molecule has 0 aliphatic carbocycles. The zero-order chi connectivity index (χ0) is 23.3. The highest BCUT2D eigenvalue weighted by Gasteiger charge is 2.20. The first-order valence-corrected chi connectivity index (χ1v) is 11.0. The molecule has 0 bridgehead atoms. The third kappa shape index (κ3) is 8.34. The molecule has 3 rings (SSSR count). The van der Waals surface area contributed by atoms with Crippen molar-refractivity contribution in [3.63, 3.8) is 0 Å². The van der Waals surface area contributed by atoms with Gasteiger partial charge in [-0.2, -0.15) is 0 Å². The maximum Gasteiger partial charge on any atom is 0.319 e. The van der Waals surface area contributed by atoms with E-state index >= 15 is 0 Å². The average Bonchev–Trinajstić information content (AvgIpc) is 3.36. The third-order valence-corrected chi connectivity index (χ3v) is 4.95. The molecule has 1 aromatic heterocycles. The van der Waals surface area contributed by atoms with Crippen LogP contribution in [0.3, 0.4) is 0 Å². The number of unbranched alkanes of at least 4 members (excludes halogenated alkanes) is 1. The van der Waals surface area contributed by atoms with E-state index in [9.17, 15) is 9.59 Å². The fraction of sp³-hybridized carbons (Fsp3) is 0.280. The molecule has 5 N–H and O–H groups in total. The summed E-state index contributed by atoms with van der Waals surface area (Å²) in [5.74, 6) is 1.06. The number of amides is 3. The van der Waals surface area contributed by atoms with Gasteiger partial charge in [-0.25, -0.2) is 4.79 Å². The van der Waals surface area contributed by atoms with Gasteiger partial charge in [-0.05, 0) is 67.8 Å². The predicted molar refractivity (Wildman–Crippen MR) is 127 cm³/mol. The highest BCUT2D eigenvalue weighted by atomic mass is 16.5. The number of nitrogens with one attached hydrogen (secondary N) is 3. The van der Waals surface area contributed by atoms with Crippen molar-refractivity contribution in [3.8, 4) is 5.75 Å². The first-order valence-electron chi connectivity index (χ1n) is 11.0. The molecule has 1 atom stereocenters. The van der Waals surface area contributed by atoms with Crippen molar-refractivity contribution in [1.82, 2.24) is 10.6 Å². The minimum Gasteiger partial charge on any atom is -0.489 e. The molecule has 0 spiro atoms. The van der Waals surface area contributed by atoms with Gasteiger partial charge >= 0.3 is 6.03 Å². The number of ether oxygens (including phenoxy) is 1. The molecule has 3 aromatic rings. The Morgan fingerprint density at radius 3 is 2.45 bits per heavy atom. The van der Waals surface area contributed by atoms with Crippen LogP contribution in [0.2, 0.25) is 0 Å². The fourth-order valence-corrected chi connectivity index (χ4v) is 3.17. The predicted octanol–water partition coefficient (Wildman–Crippen LogP) is 3.79. The van der Waals surface area contributed by atoms with Crippen LogP contribution < -0.4 is 26.4 Å². The molecule has 0 fully saturated rings. The Bertz CT molecular complexity index is 975. The molecule has 8 heteroatoms. The van der Waals surface area contributed by atoms with E-state index in [1.807, 2.05) is 30.3 Å². The second kappa shape index (κ2) is 12.9. The zero-order valence-electron chi connectivity index (χ0n) is 18.5. The average molecular weight is 451 g/mol. The summed E-state index contributed by atoms with van der Waals surface area (Å²) < 4.78 is 11.0. The Morgan fingerprint density at radius 1 is 0.970 bits per heavy atom. The number of carbonyl (C=O) groups is 2. The normalized spacial score (nSPS) is 11.4. The van der Waals surface area contributed by atoms with E-state index in [4.69, 9.17) is 14.9 Å². The van der Waals surface area contributed by atoms with Crippen molar-refractivity contribution < 1.29 is 18.7 Å². The van der Waals surface area contributed by atoms with Crippen LogP contribution in [0, 0.1) is 0 Å². The smallest absolute Gasteiger partial charge is 0.319 e. The van der Waals surface area contributed by atoms with E-state index in [1.54, 1.807) is 42.7 Å². The number of carbonyl (C=O) groups excluding carboxylic acids is 2. The Hall–Kier alpha value is -3.78. The lowest BCUT2D eigenvalue weighted by Crippen LogP contribution is -2.48. The molecule has 0 saturated heterocycles. The molecule has 0 unspecified atom stereocenters. The first kappa shape index (κ1) is 23.9. The van der Waals surface area contributed by atoms with Crippen LogP contribution in [0.15, 0.2) is 77.4 Å². The van der Waals surface area contributed by atoms with Crippen LogP contribution in [0.25, 0.3) is 0 Å². The van der Waals surface area contributed by atoms with Crippen LogP contribution in [0.5, 0.6) is 5.75 Å². The zero-order valence-corrected chi connectivity index (χ0v) is 18.5. The molecule has 33 heavy (non-hydrogen) atoms. The summed E-state index contributed by atoms with van der Waals surface area (Å²) >= 11 is 0. The Kier molecular flexibility index (Phi) is 9.35. The summed E-state index contributed by atoms with van der Waals surface area (Å²) in [6, 6.07) is 19.3. The number of hydrogen-bond donors (Lipinski definition) is 4.